The Morgan fingerprint density at radius 1 is 1.29 bits per heavy atom. The third-order valence-electron chi connectivity index (χ3n) is 2.20. The van der Waals surface area contributed by atoms with Crippen molar-refractivity contribution in [3.8, 4) is 9.75 Å². The Hall–Kier alpha value is -0.640. The van der Waals surface area contributed by atoms with Gasteiger partial charge in [0.25, 0.3) is 0 Å². The smallest absolute Gasteiger partial charge is 0.0446 e. The average Bonchev–Trinajstić information content (AvgIpc) is 2.86. The first-order chi connectivity index (χ1) is 6.81. The first-order valence-electron chi connectivity index (χ1n) is 4.70. The maximum Gasteiger partial charge on any atom is 0.0446 e. The highest BCUT2D eigenvalue weighted by Gasteiger charge is 2.08. The summed E-state index contributed by atoms with van der Waals surface area (Å²) in [5, 5.41) is 2.11. The summed E-state index contributed by atoms with van der Waals surface area (Å²) >= 11 is 3.59. The molecule has 0 unspecified atom stereocenters. The van der Waals surface area contributed by atoms with E-state index in [0.29, 0.717) is 0 Å². The Balaban J connectivity index is 2.26. The van der Waals surface area contributed by atoms with E-state index >= 15 is 0 Å². The molecule has 1 atom stereocenters. The molecule has 74 valence electrons. The van der Waals surface area contributed by atoms with Crippen LogP contribution in [-0.2, 0) is 0 Å². The van der Waals surface area contributed by atoms with Crippen molar-refractivity contribution in [2.45, 2.75) is 19.4 Å². The lowest BCUT2D eigenvalue weighted by Gasteiger charge is -2.03. The molecule has 3 heteroatoms. The summed E-state index contributed by atoms with van der Waals surface area (Å²) in [5.41, 5.74) is 5.97. The second kappa shape index (κ2) is 4.26. The van der Waals surface area contributed by atoms with Crippen molar-refractivity contribution in [2.75, 3.05) is 0 Å². The Morgan fingerprint density at radius 2 is 2.14 bits per heavy atom. The highest BCUT2D eigenvalue weighted by atomic mass is 32.1. The Kier molecular flexibility index (Phi) is 3.01. The third kappa shape index (κ3) is 1.90. The van der Waals surface area contributed by atoms with Gasteiger partial charge >= 0.3 is 0 Å². The van der Waals surface area contributed by atoms with Crippen LogP contribution in [0.15, 0.2) is 29.6 Å². The van der Waals surface area contributed by atoms with E-state index < -0.39 is 0 Å². The van der Waals surface area contributed by atoms with Crippen LogP contribution < -0.4 is 5.73 Å². The minimum Gasteiger partial charge on any atom is -0.323 e. The van der Waals surface area contributed by atoms with Crippen LogP contribution in [0.4, 0.5) is 0 Å². The molecular weight excluding hydrogens is 210 g/mol. The van der Waals surface area contributed by atoms with E-state index in [1.54, 1.807) is 11.3 Å². The number of nitrogens with two attached hydrogens (primary N) is 1. The molecule has 0 aliphatic rings. The molecule has 0 aliphatic carbocycles. The summed E-state index contributed by atoms with van der Waals surface area (Å²) in [4.78, 5) is 3.96. The van der Waals surface area contributed by atoms with Crippen molar-refractivity contribution in [3.63, 3.8) is 0 Å². The van der Waals surface area contributed by atoms with Crippen LogP contribution >= 0.6 is 22.7 Å². The van der Waals surface area contributed by atoms with E-state index in [-0.39, 0.29) is 6.04 Å². The molecule has 0 aromatic carbocycles. The lowest BCUT2D eigenvalue weighted by atomic mass is 10.2. The summed E-state index contributed by atoms with van der Waals surface area (Å²) in [5.74, 6) is 0. The zero-order chi connectivity index (χ0) is 9.97. The standard InChI is InChI=1S/C11H13NS2/c1-2-8(12)9-5-6-11(14-9)10-4-3-7-13-10/h3-8H,2,12H2,1H3/t8-/m1/s1. The van der Waals surface area contributed by atoms with E-state index in [9.17, 15) is 0 Å². The molecule has 2 aromatic rings. The Morgan fingerprint density at radius 3 is 2.79 bits per heavy atom. The van der Waals surface area contributed by atoms with Gasteiger partial charge in [0.2, 0.25) is 0 Å². The molecule has 2 heterocycles. The van der Waals surface area contributed by atoms with Gasteiger partial charge in [0.05, 0.1) is 0 Å². The molecule has 1 nitrogen and oxygen atoms in total. The molecular formula is C11H13NS2. The van der Waals surface area contributed by atoms with Gasteiger partial charge in [0, 0.05) is 20.7 Å². The summed E-state index contributed by atoms with van der Waals surface area (Å²) in [6, 6.07) is 8.75. The second-order valence-electron chi connectivity index (χ2n) is 3.19. The largest absolute Gasteiger partial charge is 0.323 e. The predicted octanol–water partition coefficient (Wildman–Crippen LogP) is 3.89. The molecule has 0 spiro atoms. The first kappa shape index (κ1) is 9.90. The van der Waals surface area contributed by atoms with Gasteiger partial charge < -0.3 is 5.73 Å². The molecule has 14 heavy (non-hydrogen) atoms. The second-order valence-corrected chi connectivity index (χ2v) is 5.26. The highest BCUT2D eigenvalue weighted by Crippen LogP contribution is 2.33. The van der Waals surface area contributed by atoms with Gasteiger partial charge in [0.15, 0.2) is 0 Å². The topological polar surface area (TPSA) is 26.0 Å². The predicted molar refractivity (Wildman–Crippen MR) is 64.9 cm³/mol. The van der Waals surface area contributed by atoms with Gasteiger partial charge in [0.1, 0.15) is 0 Å². The summed E-state index contributed by atoms with van der Waals surface area (Å²) < 4.78 is 0. The maximum atomic E-state index is 5.97. The fourth-order valence-electron chi connectivity index (χ4n) is 1.30. The lowest BCUT2D eigenvalue weighted by molar-refractivity contribution is 0.712. The minimum absolute atomic E-state index is 0.203. The molecule has 2 aromatic heterocycles. The monoisotopic (exact) mass is 223 g/mol. The van der Waals surface area contributed by atoms with E-state index in [1.165, 1.54) is 14.6 Å². The van der Waals surface area contributed by atoms with Gasteiger partial charge in [-0.05, 0) is 30.0 Å². The fourth-order valence-corrected chi connectivity index (χ4v) is 3.23. The third-order valence-corrected chi connectivity index (χ3v) is 4.48. The summed E-state index contributed by atoms with van der Waals surface area (Å²) in [6.45, 7) is 2.12. The molecule has 2 N–H and O–H groups in total. The number of rotatable bonds is 3. The molecule has 0 radical (unpaired) electrons. The van der Waals surface area contributed by atoms with Gasteiger partial charge in [-0.1, -0.05) is 13.0 Å². The molecule has 0 bridgehead atoms. The van der Waals surface area contributed by atoms with Crippen LogP contribution in [0.5, 0.6) is 0 Å². The fraction of sp³-hybridized carbons (Fsp3) is 0.273. The van der Waals surface area contributed by atoms with Gasteiger partial charge in [-0.15, -0.1) is 22.7 Å². The van der Waals surface area contributed by atoms with Crippen molar-refractivity contribution < 1.29 is 0 Å². The van der Waals surface area contributed by atoms with Gasteiger partial charge in [-0.25, -0.2) is 0 Å². The Bertz CT molecular complexity index is 389. The van der Waals surface area contributed by atoms with Crippen LogP contribution in [-0.4, -0.2) is 0 Å². The van der Waals surface area contributed by atoms with Crippen molar-refractivity contribution in [2.24, 2.45) is 5.73 Å². The molecule has 0 fully saturated rings. The van der Waals surface area contributed by atoms with Crippen LogP contribution in [0.3, 0.4) is 0 Å². The van der Waals surface area contributed by atoms with Crippen molar-refractivity contribution in [1.82, 2.24) is 0 Å². The van der Waals surface area contributed by atoms with Crippen LogP contribution in [0.1, 0.15) is 24.3 Å². The minimum atomic E-state index is 0.203. The normalized spacial score (nSPS) is 13.0. The zero-order valence-electron chi connectivity index (χ0n) is 8.07. The van der Waals surface area contributed by atoms with Gasteiger partial charge in [-0.2, -0.15) is 0 Å². The van der Waals surface area contributed by atoms with E-state index in [0.717, 1.165) is 6.42 Å². The molecule has 2 rings (SSSR count). The van der Waals surface area contributed by atoms with Gasteiger partial charge in [-0.3, -0.25) is 0 Å². The van der Waals surface area contributed by atoms with Crippen molar-refractivity contribution in [1.29, 1.82) is 0 Å². The van der Waals surface area contributed by atoms with E-state index in [4.69, 9.17) is 5.73 Å². The molecule has 0 aliphatic heterocycles. The van der Waals surface area contributed by atoms with Crippen molar-refractivity contribution in [3.05, 3.63) is 34.5 Å². The van der Waals surface area contributed by atoms with E-state index in [2.05, 4.69) is 36.6 Å². The Labute approximate surface area is 92.2 Å². The molecule has 0 saturated carbocycles. The zero-order valence-corrected chi connectivity index (χ0v) is 9.70. The van der Waals surface area contributed by atoms with Crippen LogP contribution in [0.2, 0.25) is 0 Å². The van der Waals surface area contributed by atoms with Crippen molar-refractivity contribution >= 4 is 22.7 Å². The summed E-state index contributed by atoms with van der Waals surface area (Å²) in [6.07, 6.45) is 1.00. The molecule has 0 saturated heterocycles. The lowest BCUT2D eigenvalue weighted by Crippen LogP contribution is -2.05. The van der Waals surface area contributed by atoms with Crippen LogP contribution in [0, 0.1) is 0 Å². The first-order valence-corrected chi connectivity index (χ1v) is 6.40. The molecule has 0 amide bonds. The number of hydrogen-bond acceptors (Lipinski definition) is 3. The van der Waals surface area contributed by atoms with Crippen LogP contribution in [0.25, 0.3) is 9.75 Å². The number of hydrogen-bond donors (Lipinski definition) is 1. The maximum absolute atomic E-state index is 5.97. The highest BCUT2D eigenvalue weighted by molar-refractivity contribution is 7.21. The SMILES string of the molecule is CC[C@@H](N)c1ccc(-c2cccs2)s1. The summed E-state index contributed by atoms with van der Waals surface area (Å²) in [7, 11) is 0. The van der Waals surface area contributed by atoms with E-state index in [1.807, 2.05) is 11.3 Å². The number of thiophene rings is 2. The average molecular weight is 223 g/mol. The quantitative estimate of drug-likeness (QED) is 0.839.